The Hall–Kier alpha value is -0.760. The van der Waals surface area contributed by atoms with Crippen LogP contribution in [-0.4, -0.2) is 73.4 Å². The van der Waals surface area contributed by atoms with E-state index in [-0.39, 0.29) is 19.1 Å². The summed E-state index contributed by atoms with van der Waals surface area (Å²) in [4.78, 5) is 21.9. The van der Waals surface area contributed by atoms with Crippen LogP contribution < -0.4 is 5.32 Å². The molecule has 0 fully saturated rings. The van der Waals surface area contributed by atoms with Crippen LogP contribution in [0.3, 0.4) is 0 Å². The predicted molar refractivity (Wildman–Crippen MR) is 125 cm³/mol. The smallest absolute Gasteiger partial charge is 0.387 e. The molecule has 3 N–H and O–H groups in total. The van der Waals surface area contributed by atoms with E-state index in [1.54, 1.807) is 6.08 Å². The van der Waals surface area contributed by atoms with Crippen LogP contribution in [0.25, 0.3) is 0 Å². The first kappa shape index (κ1) is 30.2. The predicted octanol–water partition coefficient (Wildman–Crippen LogP) is 3.78. The molecule has 0 saturated heterocycles. The lowest BCUT2D eigenvalue weighted by Gasteiger charge is -2.25. The number of aliphatic hydroxyl groups is 1. The average molecular weight is 466 g/mol. The monoisotopic (exact) mass is 465 g/mol. The van der Waals surface area contributed by atoms with E-state index >= 15 is 0 Å². The molecule has 0 rings (SSSR count). The lowest BCUT2D eigenvalue weighted by Crippen LogP contribution is -2.45. The van der Waals surface area contributed by atoms with Crippen molar-refractivity contribution in [2.75, 3.05) is 40.9 Å². The first-order valence-electron chi connectivity index (χ1n) is 11.6. The van der Waals surface area contributed by atoms with E-state index in [1.807, 2.05) is 34.1 Å². The Kier molecular flexibility index (Phi) is 16.4. The number of rotatable bonds is 19. The summed E-state index contributed by atoms with van der Waals surface area (Å²) < 4.78 is 22.8. The lowest BCUT2D eigenvalue weighted by atomic mass is 10.1. The second kappa shape index (κ2) is 16.8. The fraction of sp³-hybridized carbons (Fsp3) is 0.864. The Morgan fingerprint density at radius 2 is 1.71 bits per heavy atom. The second-order valence-electron chi connectivity index (χ2n) is 9.01. The molecule has 0 spiro atoms. The van der Waals surface area contributed by atoms with Crippen LogP contribution in [0.15, 0.2) is 12.2 Å². The van der Waals surface area contributed by atoms with Gasteiger partial charge in [-0.15, -0.1) is 0 Å². The Labute approximate surface area is 189 Å². The van der Waals surface area contributed by atoms with Gasteiger partial charge in [0.05, 0.1) is 39.9 Å². The summed E-state index contributed by atoms with van der Waals surface area (Å²) in [5.41, 5.74) is 0. The molecule has 0 heterocycles. The van der Waals surface area contributed by atoms with E-state index in [4.69, 9.17) is 9.05 Å². The fourth-order valence-electron chi connectivity index (χ4n) is 2.79. The molecule has 0 saturated carbocycles. The van der Waals surface area contributed by atoms with E-state index in [2.05, 4.69) is 12.2 Å². The zero-order chi connectivity index (χ0) is 23.8. The van der Waals surface area contributed by atoms with Crippen LogP contribution in [0.1, 0.15) is 71.6 Å². The van der Waals surface area contributed by atoms with Crippen molar-refractivity contribution in [2.24, 2.45) is 0 Å². The number of carbonyl (C=O) groups excluding carboxylic acids is 1. The minimum atomic E-state index is -4.28. The molecule has 0 aromatic heterocycles. The van der Waals surface area contributed by atoms with E-state index < -0.39 is 20.0 Å². The van der Waals surface area contributed by atoms with Gasteiger partial charge in [0.25, 0.3) is 0 Å². The number of unbranched alkanes of at least 4 members (excludes halogenated alkanes) is 6. The quantitative estimate of drug-likeness (QED) is 0.116. The number of amides is 1. The van der Waals surface area contributed by atoms with Crippen LogP contribution in [-0.2, 0) is 18.4 Å². The van der Waals surface area contributed by atoms with Crippen LogP contribution in [0.4, 0.5) is 0 Å². The number of carbonyl (C=O) groups is 1. The molecule has 9 heteroatoms. The summed E-state index contributed by atoms with van der Waals surface area (Å²) in [6.45, 7) is 4.34. The highest BCUT2D eigenvalue weighted by atomic mass is 31.2. The van der Waals surface area contributed by atoms with Gasteiger partial charge in [0.2, 0.25) is 5.91 Å². The summed E-state index contributed by atoms with van der Waals surface area (Å²) in [6, 6.07) is -0.831. The SMILES string of the molecule is CCCCCCCC/C=C/C(O)C(COP(=O)(O)OCC[N+](C)(C)C)NC(=O)CCC. The molecule has 0 aromatic rings. The molecule has 0 aliphatic rings. The normalized spacial score (nSPS) is 16.2. The van der Waals surface area contributed by atoms with E-state index in [1.165, 1.54) is 25.7 Å². The van der Waals surface area contributed by atoms with Gasteiger partial charge in [0.15, 0.2) is 0 Å². The number of quaternary nitrogens is 1. The molecule has 0 aliphatic carbocycles. The van der Waals surface area contributed by atoms with Crippen LogP contribution in [0.5, 0.6) is 0 Å². The standard InChI is InChI=1S/C22H45N2O6P/c1-6-8-9-10-11-12-13-14-16-21(25)20(23-22(26)15-7-2)19-30-31(27,28)29-18-17-24(3,4)5/h14,16,20-21,25H,6-13,15,17-19H2,1-5H3,(H-,23,26,27,28)/p+1/b16-14+. The molecule has 184 valence electrons. The topological polar surface area (TPSA) is 105 Å². The summed E-state index contributed by atoms with van der Waals surface area (Å²) in [7, 11) is 1.55. The number of hydrogen-bond acceptors (Lipinski definition) is 5. The molecule has 1 amide bonds. The Morgan fingerprint density at radius 3 is 2.32 bits per heavy atom. The van der Waals surface area contributed by atoms with Crippen molar-refractivity contribution in [3.05, 3.63) is 12.2 Å². The summed E-state index contributed by atoms with van der Waals surface area (Å²) in [5, 5.41) is 13.2. The molecule has 3 atom stereocenters. The number of phosphoric acid groups is 1. The van der Waals surface area contributed by atoms with Crippen LogP contribution in [0.2, 0.25) is 0 Å². The number of nitrogens with zero attached hydrogens (tertiary/aromatic N) is 1. The molecular weight excluding hydrogens is 419 g/mol. The number of likely N-dealkylation sites (N-methyl/N-ethyl adjacent to an activating group) is 1. The first-order chi connectivity index (χ1) is 14.5. The van der Waals surface area contributed by atoms with Gasteiger partial charge in [-0.2, -0.15) is 0 Å². The molecule has 31 heavy (non-hydrogen) atoms. The number of hydrogen-bond donors (Lipinski definition) is 3. The fourth-order valence-corrected chi connectivity index (χ4v) is 3.52. The van der Waals surface area contributed by atoms with Crippen LogP contribution >= 0.6 is 7.82 Å². The molecule has 0 bridgehead atoms. The van der Waals surface area contributed by atoms with Crippen LogP contribution in [0, 0.1) is 0 Å². The Balaban J connectivity index is 4.63. The van der Waals surface area contributed by atoms with Gasteiger partial charge >= 0.3 is 7.82 Å². The van der Waals surface area contributed by atoms with Crippen molar-refractivity contribution in [1.82, 2.24) is 5.32 Å². The number of phosphoric ester groups is 1. The highest BCUT2D eigenvalue weighted by molar-refractivity contribution is 7.47. The van der Waals surface area contributed by atoms with Crippen molar-refractivity contribution in [3.8, 4) is 0 Å². The lowest BCUT2D eigenvalue weighted by molar-refractivity contribution is -0.870. The number of nitrogens with one attached hydrogen (secondary N) is 1. The third-order valence-electron chi connectivity index (χ3n) is 4.73. The molecular formula is C22H46N2O6P+. The second-order valence-corrected chi connectivity index (χ2v) is 10.5. The summed E-state index contributed by atoms with van der Waals surface area (Å²) in [6.07, 6.45) is 11.4. The maximum Gasteiger partial charge on any atom is 0.472 e. The van der Waals surface area contributed by atoms with E-state index in [0.29, 0.717) is 23.9 Å². The van der Waals surface area contributed by atoms with E-state index in [0.717, 1.165) is 19.3 Å². The zero-order valence-corrected chi connectivity index (χ0v) is 21.1. The van der Waals surface area contributed by atoms with Gasteiger partial charge in [-0.05, 0) is 19.3 Å². The Morgan fingerprint density at radius 1 is 1.06 bits per heavy atom. The Bertz CT molecular complexity index is 551. The average Bonchev–Trinajstić information content (AvgIpc) is 2.66. The van der Waals surface area contributed by atoms with Gasteiger partial charge in [-0.1, -0.05) is 58.1 Å². The van der Waals surface area contributed by atoms with Crippen molar-refractivity contribution in [3.63, 3.8) is 0 Å². The highest BCUT2D eigenvalue weighted by Gasteiger charge is 2.27. The third kappa shape index (κ3) is 18.5. The van der Waals surface area contributed by atoms with Crippen molar-refractivity contribution < 1.29 is 32.9 Å². The van der Waals surface area contributed by atoms with Crippen molar-refractivity contribution in [2.45, 2.75) is 83.8 Å². The third-order valence-corrected chi connectivity index (χ3v) is 5.71. The maximum absolute atomic E-state index is 12.1. The number of allylic oxidation sites excluding steroid dienone is 1. The van der Waals surface area contributed by atoms with Gasteiger partial charge in [-0.3, -0.25) is 13.8 Å². The number of aliphatic hydroxyl groups excluding tert-OH is 1. The maximum atomic E-state index is 12.1. The largest absolute Gasteiger partial charge is 0.472 e. The minimum absolute atomic E-state index is 0.0604. The van der Waals surface area contributed by atoms with Gasteiger partial charge < -0.3 is 19.8 Å². The molecule has 0 radical (unpaired) electrons. The van der Waals surface area contributed by atoms with E-state index in [9.17, 15) is 19.4 Å². The van der Waals surface area contributed by atoms with Gasteiger partial charge in [-0.25, -0.2) is 4.57 Å². The molecule has 3 unspecified atom stereocenters. The molecule has 8 nitrogen and oxygen atoms in total. The minimum Gasteiger partial charge on any atom is -0.387 e. The van der Waals surface area contributed by atoms with Crippen molar-refractivity contribution in [1.29, 1.82) is 0 Å². The van der Waals surface area contributed by atoms with Gasteiger partial charge in [0, 0.05) is 6.42 Å². The highest BCUT2D eigenvalue weighted by Crippen LogP contribution is 2.43. The summed E-state index contributed by atoms with van der Waals surface area (Å²) in [5.74, 6) is -0.238. The zero-order valence-electron chi connectivity index (χ0n) is 20.2. The molecule has 0 aliphatic heterocycles. The summed E-state index contributed by atoms with van der Waals surface area (Å²) >= 11 is 0. The van der Waals surface area contributed by atoms with Gasteiger partial charge in [0.1, 0.15) is 13.2 Å². The molecule has 0 aromatic carbocycles. The van der Waals surface area contributed by atoms with Crippen molar-refractivity contribution >= 4 is 13.7 Å². The first-order valence-corrected chi connectivity index (χ1v) is 13.1.